The van der Waals surface area contributed by atoms with Crippen molar-refractivity contribution >= 4 is 29.4 Å². The van der Waals surface area contributed by atoms with Gasteiger partial charge in [-0.15, -0.1) is 0 Å². The molecule has 2 aromatic carbocycles. The van der Waals surface area contributed by atoms with Crippen molar-refractivity contribution in [3.63, 3.8) is 0 Å². The van der Waals surface area contributed by atoms with Crippen LogP contribution < -0.4 is 4.90 Å². The number of carboxylic acids is 2. The maximum Gasteiger partial charge on any atom is 0.414 e. The molecule has 0 fully saturated rings. The molecule has 0 aliphatic rings. The quantitative estimate of drug-likeness (QED) is 0.228. The molecule has 9 nitrogen and oxygen atoms in total. The van der Waals surface area contributed by atoms with Gasteiger partial charge in [0.15, 0.2) is 5.65 Å². The van der Waals surface area contributed by atoms with Crippen LogP contribution in [0.4, 0.5) is 23.7 Å². The van der Waals surface area contributed by atoms with E-state index in [1.807, 2.05) is 0 Å². The molecular weight excluding hydrogens is 567 g/mol. The summed E-state index contributed by atoms with van der Waals surface area (Å²) in [6.07, 6.45) is -3.72. The van der Waals surface area contributed by atoms with E-state index < -0.39 is 42.8 Å². The van der Waals surface area contributed by atoms with Crippen molar-refractivity contribution < 1.29 is 42.5 Å². The molecule has 0 saturated heterocycles. The van der Waals surface area contributed by atoms with Gasteiger partial charge >= 0.3 is 24.2 Å². The van der Waals surface area contributed by atoms with Crippen molar-refractivity contribution in [3.05, 3.63) is 77.1 Å². The average Bonchev–Trinajstić information content (AvgIpc) is 3.30. The van der Waals surface area contributed by atoms with Crippen molar-refractivity contribution in [1.82, 2.24) is 9.38 Å². The van der Waals surface area contributed by atoms with Crippen LogP contribution in [0.2, 0.25) is 0 Å². The Bertz CT molecular complexity index is 1740. The van der Waals surface area contributed by atoms with Crippen molar-refractivity contribution in [3.8, 4) is 22.4 Å². The van der Waals surface area contributed by atoms with Gasteiger partial charge in [0.05, 0.1) is 35.1 Å². The van der Waals surface area contributed by atoms with E-state index in [1.54, 1.807) is 69.5 Å². The second-order valence-corrected chi connectivity index (χ2v) is 11.1. The number of anilines is 1. The van der Waals surface area contributed by atoms with Crippen LogP contribution in [-0.4, -0.2) is 56.0 Å². The lowest BCUT2D eigenvalue weighted by atomic mass is 10.00. The molecule has 0 bridgehead atoms. The van der Waals surface area contributed by atoms with E-state index in [1.165, 1.54) is 24.4 Å². The highest BCUT2D eigenvalue weighted by atomic mass is 19.4. The van der Waals surface area contributed by atoms with Crippen molar-refractivity contribution in [1.29, 1.82) is 0 Å². The molecule has 0 spiro atoms. The summed E-state index contributed by atoms with van der Waals surface area (Å²) in [7, 11) is 0. The molecule has 0 aliphatic heterocycles. The molecule has 4 aromatic rings. The van der Waals surface area contributed by atoms with Crippen LogP contribution in [0.1, 0.15) is 59.0 Å². The average molecular weight is 598 g/mol. The van der Waals surface area contributed by atoms with Crippen molar-refractivity contribution in [2.75, 3.05) is 11.4 Å². The lowest BCUT2D eigenvalue weighted by molar-refractivity contribution is -0.132. The number of benzene rings is 2. The Kier molecular flexibility index (Phi) is 8.26. The standard InChI is InChI=1S/C31H30F3N3O6/c1-17-12-19(6-8-22(17)27(38)39)21-14-24(36(11-10-31(32,33)34)29(42)43-30(3,4)5)26-35-15-25(37(26)16-21)20-7-9-23(28(40)41)18(2)13-20/h6-9,12-16H,10-11H2,1-5H3,(H,38,39)(H,40,41). The smallest absolute Gasteiger partial charge is 0.414 e. The van der Waals surface area contributed by atoms with Gasteiger partial charge in [0, 0.05) is 23.9 Å². The zero-order valence-corrected chi connectivity index (χ0v) is 24.1. The third-order valence-corrected chi connectivity index (χ3v) is 6.65. The highest BCUT2D eigenvalue weighted by Gasteiger charge is 2.33. The van der Waals surface area contributed by atoms with Gasteiger partial charge in [-0.1, -0.05) is 18.2 Å². The number of alkyl halides is 3. The van der Waals surface area contributed by atoms with Crippen molar-refractivity contribution in [2.24, 2.45) is 0 Å². The highest BCUT2D eigenvalue weighted by Crippen LogP contribution is 2.35. The monoisotopic (exact) mass is 597 g/mol. The van der Waals surface area contributed by atoms with Crippen LogP contribution in [0.25, 0.3) is 28.0 Å². The summed E-state index contributed by atoms with van der Waals surface area (Å²) in [6.45, 7) is 7.32. The fraction of sp³-hybridized carbons (Fsp3) is 0.290. The molecule has 0 aliphatic carbocycles. The molecule has 0 radical (unpaired) electrons. The first kappa shape index (κ1) is 31.1. The molecule has 2 heterocycles. The Hall–Kier alpha value is -4.87. The topological polar surface area (TPSA) is 121 Å². The number of fused-ring (bicyclic) bond motifs is 1. The zero-order chi connectivity index (χ0) is 31.9. The van der Waals surface area contributed by atoms with Gasteiger partial charge in [-0.3, -0.25) is 9.30 Å². The van der Waals surface area contributed by atoms with Gasteiger partial charge in [-0.2, -0.15) is 13.2 Å². The van der Waals surface area contributed by atoms with E-state index in [0.717, 1.165) is 4.90 Å². The highest BCUT2D eigenvalue weighted by molar-refractivity contribution is 5.95. The molecule has 2 N–H and O–H groups in total. The number of ether oxygens (including phenoxy) is 1. The number of aryl methyl sites for hydroxylation is 2. The third kappa shape index (κ3) is 6.96. The number of aromatic nitrogens is 2. The molecular formula is C31H30F3N3O6. The minimum atomic E-state index is -4.57. The molecule has 1 amide bonds. The number of amides is 1. The summed E-state index contributed by atoms with van der Waals surface area (Å²) < 4.78 is 47.3. The van der Waals surface area contributed by atoms with Crippen LogP contribution in [0.15, 0.2) is 54.9 Å². The first-order valence-electron chi connectivity index (χ1n) is 13.2. The summed E-state index contributed by atoms with van der Waals surface area (Å²) in [5, 5.41) is 18.9. The summed E-state index contributed by atoms with van der Waals surface area (Å²) in [5.41, 5.74) is 2.39. The van der Waals surface area contributed by atoms with E-state index in [9.17, 15) is 37.8 Å². The van der Waals surface area contributed by atoms with Gasteiger partial charge in [-0.25, -0.2) is 19.4 Å². The maximum absolute atomic E-state index is 13.4. The second-order valence-electron chi connectivity index (χ2n) is 11.1. The lowest BCUT2D eigenvalue weighted by Crippen LogP contribution is -2.39. The van der Waals surface area contributed by atoms with Crippen LogP contribution in [0.3, 0.4) is 0 Å². The van der Waals surface area contributed by atoms with Gasteiger partial charge in [0.1, 0.15) is 5.60 Å². The Morgan fingerprint density at radius 3 is 1.95 bits per heavy atom. The fourth-order valence-electron chi connectivity index (χ4n) is 4.65. The van der Waals surface area contributed by atoms with Gasteiger partial charge in [0.25, 0.3) is 0 Å². The second kappa shape index (κ2) is 11.4. The first-order chi connectivity index (χ1) is 19.9. The van der Waals surface area contributed by atoms with E-state index in [0.29, 0.717) is 33.5 Å². The van der Waals surface area contributed by atoms with E-state index >= 15 is 0 Å². The molecule has 43 heavy (non-hydrogen) atoms. The number of hydrogen-bond acceptors (Lipinski definition) is 5. The molecule has 2 aromatic heterocycles. The Morgan fingerprint density at radius 1 is 0.884 bits per heavy atom. The predicted molar refractivity (Wildman–Crippen MR) is 154 cm³/mol. The third-order valence-electron chi connectivity index (χ3n) is 6.65. The number of carbonyl (C=O) groups is 3. The summed E-state index contributed by atoms with van der Waals surface area (Å²) in [5.74, 6) is -2.20. The van der Waals surface area contributed by atoms with Crippen LogP contribution in [-0.2, 0) is 4.74 Å². The van der Waals surface area contributed by atoms with Gasteiger partial charge in [0.2, 0.25) is 0 Å². The Morgan fingerprint density at radius 2 is 1.44 bits per heavy atom. The normalized spacial score (nSPS) is 11.9. The number of aromatic carboxylic acids is 2. The molecule has 12 heteroatoms. The van der Waals surface area contributed by atoms with E-state index in [-0.39, 0.29) is 22.5 Å². The molecule has 0 unspecified atom stereocenters. The minimum absolute atomic E-state index is 0.0427. The maximum atomic E-state index is 13.4. The first-order valence-corrected chi connectivity index (χ1v) is 13.2. The predicted octanol–water partition coefficient (Wildman–Crippen LogP) is 7.38. The number of rotatable bonds is 7. The molecule has 4 rings (SSSR count). The van der Waals surface area contributed by atoms with Crippen molar-refractivity contribution in [2.45, 2.75) is 52.8 Å². The number of hydrogen-bond donors (Lipinski definition) is 2. The number of imidazole rings is 1. The number of carbonyl (C=O) groups excluding carboxylic acids is 1. The van der Waals surface area contributed by atoms with Gasteiger partial charge in [-0.05, 0) is 75.6 Å². The largest absolute Gasteiger partial charge is 0.478 e. The SMILES string of the molecule is Cc1cc(-c2cc(N(CCC(F)(F)F)C(=O)OC(C)(C)C)c3ncc(-c4ccc(C(=O)O)c(C)c4)n3c2)ccc1C(=O)O. The number of carboxylic acid groups (broad SMARTS) is 2. The van der Waals surface area contributed by atoms with Crippen LogP contribution in [0.5, 0.6) is 0 Å². The van der Waals surface area contributed by atoms with Gasteiger partial charge < -0.3 is 14.9 Å². The Labute approximate surface area is 245 Å². The molecule has 0 atom stereocenters. The van der Waals surface area contributed by atoms with Crippen LogP contribution >= 0.6 is 0 Å². The zero-order valence-electron chi connectivity index (χ0n) is 24.1. The minimum Gasteiger partial charge on any atom is -0.478 e. The van der Waals surface area contributed by atoms with E-state index in [2.05, 4.69) is 4.98 Å². The van der Waals surface area contributed by atoms with Crippen LogP contribution in [0, 0.1) is 13.8 Å². The summed E-state index contributed by atoms with van der Waals surface area (Å²) in [4.78, 5) is 41.8. The fourth-order valence-corrected chi connectivity index (χ4v) is 4.65. The number of halogens is 3. The molecule has 0 saturated carbocycles. The molecule has 226 valence electrons. The lowest BCUT2D eigenvalue weighted by Gasteiger charge is -2.28. The number of pyridine rings is 1. The Balaban J connectivity index is 1.99. The van der Waals surface area contributed by atoms with E-state index in [4.69, 9.17) is 4.74 Å². The number of nitrogens with zero attached hydrogens (tertiary/aromatic N) is 3. The summed E-state index contributed by atoms with van der Waals surface area (Å²) in [6, 6.07) is 10.8. The summed E-state index contributed by atoms with van der Waals surface area (Å²) >= 11 is 0.